The second-order valence-electron chi connectivity index (χ2n) is 5.31. The zero-order valence-electron chi connectivity index (χ0n) is 11.4. The van der Waals surface area contributed by atoms with Crippen molar-refractivity contribution < 1.29 is 19.1 Å². The molecule has 1 aromatic rings. The van der Waals surface area contributed by atoms with E-state index in [0.29, 0.717) is 24.9 Å². The number of aliphatic carboxylic acids is 1. The van der Waals surface area contributed by atoms with E-state index in [4.69, 9.17) is 5.11 Å². The van der Waals surface area contributed by atoms with E-state index < -0.39 is 17.8 Å². The van der Waals surface area contributed by atoms with Crippen molar-refractivity contribution >= 4 is 11.9 Å². The van der Waals surface area contributed by atoms with Gasteiger partial charge >= 0.3 is 5.97 Å². The van der Waals surface area contributed by atoms with Crippen molar-refractivity contribution in [2.75, 3.05) is 7.05 Å². The molecule has 1 aromatic carbocycles. The van der Waals surface area contributed by atoms with Crippen molar-refractivity contribution in [3.05, 3.63) is 35.6 Å². The molecule has 0 radical (unpaired) electrons. The third kappa shape index (κ3) is 3.15. The minimum atomic E-state index is -0.903. The van der Waals surface area contributed by atoms with Gasteiger partial charge in [0.1, 0.15) is 5.82 Å². The number of carboxylic acid groups (broad SMARTS) is 1. The van der Waals surface area contributed by atoms with Crippen molar-refractivity contribution in [2.24, 2.45) is 11.8 Å². The third-order valence-electron chi connectivity index (χ3n) is 3.84. The zero-order chi connectivity index (χ0) is 14.7. The Hall–Kier alpha value is -1.91. The van der Waals surface area contributed by atoms with Crippen molar-refractivity contribution in [1.82, 2.24) is 4.90 Å². The molecule has 4 nitrogen and oxygen atoms in total. The molecule has 1 N–H and O–H groups in total. The molecule has 0 aliphatic heterocycles. The van der Waals surface area contributed by atoms with E-state index in [-0.39, 0.29) is 11.7 Å². The maximum atomic E-state index is 13.1. The molecular formula is C15H18FNO3. The molecule has 0 heterocycles. The summed E-state index contributed by atoms with van der Waals surface area (Å²) in [6, 6.07) is 6.07. The number of rotatable bonds is 4. The Kier molecular flexibility index (Phi) is 4.37. The van der Waals surface area contributed by atoms with Crippen LogP contribution in [0.2, 0.25) is 0 Å². The first kappa shape index (κ1) is 14.5. The molecule has 1 amide bonds. The molecule has 0 bridgehead atoms. The Morgan fingerprint density at radius 3 is 2.70 bits per heavy atom. The average Bonchev–Trinajstić information content (AvgIpc) is 2.87. The van der Waals surface area contributed by atoms with Gasteiger partial charge in [0, 0.05) is 13.6 Å². The second kappa shape index (κ2) is 6.03. The molecule has 0 saturated heterocycles. The van der Waals surface area contributed by atoms with E-state index in [0.717, 1.165) is 6.42 Å². The summed E-state index contributed by atoms with van der Waals surface area (Å²) < 4.78 is 13.1. The summed E-state index contributed by atoms with van der Waals surface area (Å²) >= 11 is 0. The number of halogens is 1. The lowest BCUT2D eigenvalue weighted by molar-refractivity contribution is -0.148. The van der Waals surface area contributed by atoms with Gasteiger partial charge in [0.05, 0.1) is 11.8 Å². The molecule has 2 rings (SSSR count). The van der Waals surface area contributed by atoms with E-state index in [2.05, 4.69) is 0 Å². The molecule has 1 aliphatic rings. The lowest BCUT2D eigenvalue weighted by Crippen LogP contribution is -2.36. The summed E-state index contributed by atoms with van der Waals surface area (Å²) in [6.45, 7) is 0.291. The Bertz CT molecular complexity index is 518. The minimum absolute atomic E-state index is 0.167. The standard InChI is InChI=1S/C15H18FNO3/c1-17(9-10-4-2-5-11(16)8-10)14(18)12-6-3-7-13(12)15(19)20/h2,4-5,8,12-13H,3,6-7,9H2,1H3,(H,19,20). The maximum Gasteiger partial charge on any atom is 0.307 e. The van der Waals surface area contributed by atoms with Crippen LogP contribution in [-0.4, -0.2) is 28.9 Å². The first-order chi connectivity index (χ1) is 9.49. The molecular weight excluding hydrogens is 261 g/mol. The maximum absolute atomic E-state index is 13.1. The number of hydrogen-bond donors (Lipinski definition) is 1. The monoisotopic (exact) mass is 279 g/mol. The first-order valence-electron chi connectivity index (χ1n) is 6.71. The highest BCUT2D eigenvalue weighted by Gasteiger charge is 2.38. The van der Waals surface area contributed by atoms with Crippen LogP contribution in [0.5, 0.6) is 0 Å². The Morgan fingerprint density at radius 1 is 1.35 bits per heavy atom. The molecule has 0 spiro atoms. The fraction of sp³-hybridized carbons (Fsp3) is 0.467. The van der Waals surface area contributed by atoms with Gasteiger partial charge in [-0.25, -0.2) is 4.39 Å². The van der Waals surface area contributed by atoms with Gasteiger partial charge in [0.15, 0.2) is 0 Å². The largest absolute Gasteiger partial charge is 0.481 e. The Balaban J connectivity index is 2.03. The minimum Gasteiger partial charge on any atom is -0.481 e. The summed E-state index contributed by atoms with van der Waals surface area (Å²) in [5, 5.41) is 9.12. The molecule has 5 heteroatoms. The number of amides is 1. The fourth-order valence-corrected chi connectivity index (χ4v) is 2.82. The summed E-state index contributed by atoms with van der Waals surface area (Å²) in [4.78, 5) is 24.9. The quantitative estimate of drug-likeness (QED) is 0.920. The molecule has 20 heavy (non-hydrogen) atoms. The van der Waals surface area contributed by atoms with E-state index in [1.54, 1.807) is 19.2 Å². The van der Waals surface area contributed by atoms with Gasteiger partial charge in [0.2, 0.25) is 5.91 Å². The van der Waals surface area contributed by atoms with Crippen LogP contribution in [0.25, 0.3) is 0 Å². The molecule has 1 fully saturated rings. The highest BCUT2D eigenvalue weighted by Crippen LogP contribution is 2.33. The number of carbonyl (C=O) groups is 2. The SMILES string of the molecule is CN(Cc1cccc(F)c1)C(=O)C1CCCC1C(=O)O. The summed E-state index contributed by atoms with van der Waals surface area (Å²) in [5.74, 6) is -2.45. The summed E-state index contributed by atoms with van der Waals surface area (Å²) in [7, 11) is 1.63. The van der Waals surface area contributed by atoms with Crippen molar-refractivity contribution in [1.29, 1.82) is 0 Å². The predicted octanol–water partition coefficient (Wildman–Crippen LogP) is 2.29. The van der Waals surface area contributed by atoms with Crippen LogP contribution in [-0.2, 0) is 16.1 Å². The van der Waals surface area contributed by atoms with Crippen molar-refractivity contribution in [3.8, 4) is 0 Å². The number of benzene rings is 1. The van der Waals surface area contributed by atoms with E-state index in [1.807, 2.05) is 0 Å². The van der Waals surface area contributed by atoms with Crippen LogP contribution in [0.1, 0.15) is 24.8 Å². The van der Waals surface area contributed by atoms with Gasteiger partial charge < -0.3 is 10.0 Å². The van der Waals surface area contributed by atoms with E-state index >= 15 is 0 Å². The first-order valence-corrected chi connectivity index (χ1v) is 6.71. The van der Waals surface area contributed by atoms with Crippen LogP contribution < -0.4 is 0 Å². The lowest BCUT2D eigenvalue weighted by atomic mass is 9.95. The number of carboxylic acids is 1. The molecule has 108 valence electrons. The molecule has 2 unspecified atom stereocenters. The van der Waals surface area contributed by atoms with E-state index in [9.17, 15) is 14.0 Å². The van der Waals surface area contributed by atoms with Crippen LogP contribution in [0.15, 0.2) is 24.3 Å². The normalized spacial score (nSPS) is 21.7. The predicted molar refractivity (Wildman–Crippen MR) is 71.3 cm³/mol. The Morgan fingerprint density at radius 2 is 2.05 bits per heavy atom. The summed E-state index contributed by atoms with van der Waals surface area (Å²) in [5.41, 5.74) is 0.700. The second-order valence-corrected chi connectivity index (χ2v) is 5.31. The van der Waals surface area contributed by atoms with Gasteiger partial charge in [-0.1, -0.05) is 18.6 Å². The fourth-order valence-electron chi connectivity index (χ4n) is 2.82. The van der Waals surface area contributed by atoms with Gasteiger partial charge in [-0.05, 0) is 30.5 Å². The topological polar surface area (TPSA) is 57.6 Å². The van der Waals surface area contributed by atoms with Gasteiger partial charge in [0.25, 0.3) is 0 Å². The zero-order valence-corrected chi connectivity index (χ0v) is 11.4. The van der Waals surface area contributed by atoms with Crippen LogP contribution in [0.3, 0.4) is 0 Å². The Labute approximate surface area is 117 Å². The third-order valence-corrected chi connectivity index (χ3v) is 3.84. The van der Waals surface area contributed by atoms with Crippen LogP contribution in [0.4, 0.5) is 4.39 Å². The summed E-state index contributed by atoms with van der Waals surface area (Å²) in [6.07, 6.45) is 1.93. The smallest absolute Gasteiger partial charge is 0.307 e. The number of carbonyl (C=O) groups excluding carboxylic acids is 1. The average molecular weight is 279 g/mol. The highest BCUT2D eigenvalue weighted by molar-refractivity contribution is 5.85. The molecule has 0 aromatic heterocycles. The van der Waals surface area contributed by atoms with Crippen molar-refractivity contribution in [3.63, 3.8) is 0 Å². The molecule has 2 atom stereocenters. The van der Waals surface area contributed by atoms with Crippen LogP contribution in [0, 0.1) is 17.7 Å². The van der Waals surface area contributed by atoms with Crippen LogP contribution >= 0.6 is 0 Å². The highest BCUT2D eigenvalue weighted by atomic mass is 19.1. The molecule has 1 aliphatic carbocycles. The van der Waals surface area contributed by atoms with Gasteiger partial charge in [-0.15, -0.1) is 0 Å². The number of nitrogens with zero attached hydrogens (tertiary/aromatic N) is 1. The van der Waals surface area contributed by atoms with Crippen molar-refractivity contribution in [2.45, 2.75) is 25.8 Å². The molecule has 1 saturated carbocycles. The number of hydrogen-bond acceptors (Lipinski definition) is 2. The van der Waals surface area contributed by atoms with E-state index in [1.165, 1.54) is 17.0 Å². The van der Waals surface area contributed by atoms with Gasteiger partial charge in [-0.3, -0.25) is 9.59 Å². The van der Waals surface area contributed by atoms with Gasteiger partial charge in [-0.2, -0.15) is 0 Å². The lowest BCUT2D eigenvalue weighted by Gasteiger charge is -2.23.